The zero-order valence-corrected chi connectivity index (χ0v) is 11.3. The molecule has 1 heterocycles. The molecule has 3 rings (SSSR count). The molecule has 0 saturated heterocycles. The summed E-state index contributed by atoms with van der Waals surface area (Å²) in [6.45, 7) is 1.95. The molecule has 3 aromatic rings. The van der Waals surface area contributed by atoms with Gasteiger partial charge in [-0.2, -0.15) is 0 Å². The van der Waals surface area contributed by atoms with Crippen molar-refractivity contribution in [3.8, 4) is 17.1 Å². The lowest BCUT2D eigenvalue weighted by Crippen LogP contribution is -2.09. The van der Waals surface area contributed by atoms with Gasteiger partial charge < -0.3 is 9.72 Å². The van der Waals surface area contributed by atoms with Crippen molar-refractivity contribution in [2.75, 3.05) is 7.11 Å². The van der Waals surface area contributed by atoms with E-state index in [0.29, 0.717) is 16.7 Å². The van der Waals surface area contributed by atoms with Crippen LogP contribution in [0.2, 0.25) is 0 Å². The molecule has 1 aromatic heterocycles. The third-order valence-electron chi connectivity index (χ3n) is 3.20. The van der Waals surface area contributed by atoms with E-state index in [1.54, 1.807) is 7.11 Å². The Morgan fingerprint density at radius 1 is 1.15 bits per heavy atom. The molecule has 0 radical (unpaired) electrons. The van der Waals surface area contributed by atoms with Crippen LogP contribution < -0.4 is 10.3 Å². The van der Waals surface area contributed by atoms with Crippen molar-refractivity contribution in [1.82, 2.24) is 9.97 Å². The van der Waals surface area contributed by atoms with Crippen molar-refractivity contribution in [3.63, 3.8) is 0 Å². The van der Waals surface area contributed by atoms with Crippen LogP contribution in [0.3, 0.4) is 0 Å². The van der Waals surface area contributed by atoms with Crippen molar-refractivity contribution in [3.05, 3.63) is 58.4 Å². The molecule has 4 nitrogen and oxygen atoms in total. The Hall–Kier alpha value is -2.62. The molecule has 20 heavy (non-hydrogen) atoms. The number of aromatic amines is 1. The lowest BCUT2D eigenvalue weighted by Gasteiger charge is -2.05. The number of methoxy groups -OCH3 is 1. The van der Waals surface area contributed by atoms with Crippen LogP contribution in [0.5, 0.6) is 5.75 Å². The molecule has 0 fully saturated rings. The van der Waals surface area contributed by atoms with Crippen LogP contribution in [0.25, 0.3) is 22.3 Å². The summed E-state index contributed by atoms with van der Waals surface area (Å²) in [6, 6.07) is 13.1. The quantitative estimate of drug-likeness (QED) is 0.776. The fourth-order valence-electron chi connectivity index (χ4n) is 2.16. The summed E-state index contributed by atoms with van der Waals surface area (Å²) >= 11 is 0. The van der Waals surface area contributed by atoms with E-state index in [1.807, 2.05) is 49.4 Å². The van der Waals surface area contributed by atoms with Gasteiger partial charge in [0.05, 0.1) is 18.0 Å². The van der Waals surface area contributed by atoms with E-state index >= 15 is 0 Å². The maximum absolute atomic E-state index is 12.2. The Bertz CT molecular complexity index is 837. The number of fused-ring (bicyclic) bond motifs is 1. The number of ether oxygens (including phenoxy) is 1. The van der Waals surface area contributed by atoms with E-state index < -0.39 is 0 Å². The highest BCUT2D eigenvalue weighted by Crippen LogP contribution is 2.21. The summed E-state index contributed by atoms with van der Waals surface area (Å²) in [5.41, 5.74) is 2.43. The van der Waals surface area contributed by atoms with Crippen LogP contribution in [0.15, 0.2) is 47.3 Å². The molecule has 4 heteroatoms. The van der Waals surface area contributed by atoms with Crippen molar-refractivity contribution in [1.29, 1.82) is 0 Å². The third-order valence-corrected chi connectivity index (χ3v) is 3.20. The molecule has 0 unspecified atom stereocenters. The van der Waals surface area contributed by atoms with Crippen LogP contribution in [0, 0.1) is 6.92 Å². The predicted octanol–water partition coefficient (Wildman–Crippen LogP) is 2.91. The minimum Gasteiger partial charge on any atom is -0.497 e. The van der Waals surface area contributed by atoms with E-state index in [-0.39, 0.29) is 5.56 Å². The lowest BCUT2D eigenvalue weighted by atomic mass is 10.1. The number of hydrogen-bond donors (Lipinski definition) is 1. The number of nitrogens with zero attached hydrogens (tertiary/aromatic N) is 1. The lowest BCUT2D eigenvalue weighted by molar-refractivity contribution is 0.415. The first-order valence-electron chi connectivity index (χ1n) is 6.32. The smallest absolute Gasteiger partial charge is 0.259 e. The first-order chi connectivity index (χ1) is 9.67. The van der Waals surface area contributed by atoms with Crippen LogP contribution in [-0.4, -0.2) is 17.1 Å². The number of benzene rings is 2. The second-order valence-electron chi connectivity index (χ2n) is 4.67. The summed E-state index contributed by atoms with van der Waals surface area (Å²) < 4.78 is 5.19. The summed E-state index contributed by atoms with van der Waals surface area (Å²) in [4.78, 5) is 19.5. The minimum absolute atomic E-state index is 0.128. The van der Waals surface area contributed by atoms with Crippen molar-refractivity contribution < 1.29 is 4.74 Å². The molecule has 2 aromatic carbocycles. The molecule has 0 saturated carbocycles. The van der Waals surface area contributed by atoms with Gasteiger partial charge in [0.25, 0.3) is 5.56 Å². The summed E-state index contributed by atoms with van der Waals surface area (Å²) in [5, 5.41) is 0.608. The molecule has 0 aliphatic rings. The van der Waals surface area contributed by atoms with Gasteiger partial charge >= 0.3 is 0 Å². The molecule has 0 aliphatic carbocycles. The van der Waals surface area contributed by atoms with E-state index in [9.17, 15) is 4.79 Å². The van der Waals surface area contributed by atoms with Crippen LogP contribution in [0.4, 0.5) is 0 Å². The van der Waals surface area contributed by atoms with Crippen molar-refractivity contribution in [2.45, 2.75) is 6.92 Å². The van der Waals surface area contributed by atoms with Gasteiger partial charge in [0.2, 0.25) is 0 Å². The minimum atomic E-state index is -0.128. The van der Waals surface area contributed by atoms with Crippen molar-refractivity contribution >= 4 is 10.9 Å². The highest BCUT2D eigenvalue weighted by atomic mass is 16.5. The first kappa shape index (κ1) is 12.4. The molecule has 0 bridgehead atoms. The van der Waals surface area contributed by atoms with Crippen LogP contribution in [0.1, 0.15) is 5.56 Å². The summed E-state index contributed by atoms with van der Waals surface area (Å²) in [6.07, 6.45) is 0. The largest absolute Gasteiger partial charge is 0.497 e. The predicted molar refractivity (Wildman–Crippen MR) is 79.1 cm³/mol. The topological polar surface area (TPSA) is 55.0 Å². The third kappa shape index (κ3) is 2.16. The van der Waals surface area contributed by atoms with Crippen LogP contribution in [-0.2, 0) is 0 Å². The van der Waals surface area contributed by atoms with E-state index in [0.717, 1.165) is 16.9 Å². The number of hydrogen-bond acceptors (Lipinski definition) is 3. The fourth-order valence-corrected chi connectivity index (χ4v) is 2.16. The molecule has 0 amide bonds. The highest BCUT2D eigenvalue weighted by Gasteiger charge is 2.06. The number of nitrogens with one attached hydrogen (secondary N) is 1. The normalized spacial score (nSPS) is 10.7. The molecule has 0 aliphatic heterocycles. The summed E-state index contributed by atoms with van der Waals surface area (Å²) in [7, 11) is 1.61. The molecule has 0 atom stereocenters. The van der Waals surface area contributed by atoms with Gasteiger partial charge in [0.15, 0.2) is 0 Å². The number of aromatic nitrogens is 2. The molecule has 100 valence electrons. The second-order valence-corrected chi connectivity index (χ2v) is 4.67. The number of H-pyrrole nitrogens is 1. The number of aryl methyl sites for hydroxylation is 1. The van der Waals surface area contributed by atoms with Gasteiger partial charge in [0.1, 0.15) is 11.6 Å². The van der Waals surface area contributed by atoms with Gasteiger partial charge in [-0.1, -0.05) is 23.8 Å². The zero-order chi connectivity index (χ0) is 14.1. The standard InChI is InChI=1S/C16H14N2O2/c1-10-6-7-14-13(8-10)16(19)18-15(17-14)11-4-3-5-12(9-11)20-2/h3-9H,1-2H3,(H,17,18,19). The fraction of sp³-hybridized carbons (Fsp3) is 0.125. The molecular weight excluding hydrogens is 252 g/mol. The van der Waals surface area contributed by atoms with Gasteiger partial charge in [-0.3, -0.25) is 4.79 Å². The van der Waals surface area contributed by atoms with Gasteiger partial charge in [-0.05, 0) is 31.2 Å². The maximum atomic E-state index is 12.2. The first-order valence-corrected chi connectivity index (χ1v) is 6.32. The Morgan fingerprint density at radius 2 is 2.00 bits per heavy atom. The van der Waals surface area contributed by atoms with Gasteiger partial charge in [-0.25, -0.2) is 4.98 Å². The number of rotatable bonds is 2. The van der Waals surface area contributed by atoms with Crippen molar-refractivity contribution in [2.24, 2.45) is 0 Å². The Labute approximate surface area is 116 Å². The average Bonchev–Trinajstić information content (AvgIpc) is 2.48. The summed E-state index contributed by atoms with van der Waals surface area (Å²) in [5.74, 6) is 1.28. The SMILES string of the molecule is COc1cccc(-c2nc3ccc(C)cc3c(=O)[nH]2)c1. The van der Waals surface area contributed by atoms with E-state index in [2.05, 4.69) is 9.97 Å². The van der Waals surface area contributed by atoms with Crippen LogP contribution >= 0.6 is 0 Å². The molecular formula is C16H14N2O2. The Balaban J connectivity index is 2.22. The zero-order valence-electron chi connectivity index (χ0n) is 11.3. The Kier molecular flexibility index (Phi) is 2.99. The monoisotopic (exact) mass is 266 g/mol. The average molecular weight is 266 g/mol. The van der Waals surface area contributed by atoms with Gasteiger partial charge in [-0.15, -0.1) is 0 Å². The molecule has 0 spiro atoms. The van der Waals surface area contributed by atoms with E-state index in [4.69, 9.17) is 4.74 Å². The Morgan fingerprint density at radius 3 is 2.80 bits per heavy atom. The van der Waals surface area contributed by atoms with Gasteiger partial charge in [0, 0.05) is 5.56 Å². The highest BCUT2D eigenvalue weighted by molar-refractivity contribution is 5.80. The maximum Gasteiger partial charge on any atom is 0.259 e. The van der Waals surface area contributed by atoms with E-state index in [1.165, 1.54) is 0 Å². The molecule has 1 N–H and O–H groups in total. The second kappa shape index (κ2) is 4.81.